The third-order valence-electron chi connectivity index (χ3n) is 2.96. The van der Waals surface area contributed by atoms with E-state index in [2.05, 4.69) is 20.6 Å². The number of aliphatic imine (C=N–C) groups is 1. The molecule has 1 rings (SSSR count). The highest BCUT2D eigenvalue weighted by molar-refractivity contribution is 14.0. The van der Waals surface area contributed by atoms with Gasteiger partial charge in [0, 0.05) is 39.1 Å². The first-order chi connectivity index (χ1) is 11.3. The summed E-state index contributed by atoms with van der Waals surface area (Å²) in [6.07, 6.45) is 2.69. The molecule has 0 aliphatic carbocycles. The SMILES string of the molecule is CCNC(=NCc1ccc(OC)nc1)NCCCOCCOC.I. The molecular formula is C16H29IN4O3. The Hall–Kier alpha value is -1.13. The molecule has 2 N–H and O–H groups in total. The number of pyridine rings is 1. The third-order valence-corrected chi connectivity index (χ3v) is 2.96. The van der Waals surface area contributed by atoms with Crippen molar-refractivity contribution >= 4 is 29.9 Å². The monoisotopic (exact) mass is 452 g/mol. The molecule has 1 aromatic rings. The Balaban J connectivity index is 0.00000529. The second-order valence-corrected chi connectivity index (χ2v) is 4.79. The summed E-state index contributed by atoms with van der Waals surface area (Å²) in [4.78, 5) is 8.71. The van der Waals surface area contributed by atoms with E-state index >= 15 is 0 Å². The molecule has 1 heterocycles. The smallest absolute Gasteiger partial charge is 0.212 e. The Morgan fingerprint density at radius 3 is 2.62 bits per heavy atom. The minimum atomic E-state index is 0. The van der Waals surface area contributed by atoms with E-state index in [1.807, 2.05) is 19.1 Å². The number of aromatic nitrogens is 1. The van der Waals surface area contributed by atoms with Crippen LogP contribution in [0.15, 0.2) is 23.3 Å². The van der Waals surface area contributed by atoms with Gasteiger partial charge in [-0.3, -0.25) is 0 Å². The molecule has 0 spiro atoms. The molecule has 0 saturated heterocycles. The summed E-state index contributed by atoms with van der Waals surface area (Å²) < 4.78 is 15.4. The highest BCUT2D eigenvalue weighted by atomic mass is 127. The van der Waals surface area contributed by atoms with Crippen LogP contribution in [0.1, 0.15) is 18.9 Å². The first kappa shape index (κ1) is 22.9. The van der Waals surface area contributed by atoms with Gasteiger partial charge in [-0.15, -0.1) is 24.0 Å². The fraction of sp³-hybridized carbons (Fsp3) is 0.625. The van der Waals surface area contributed by atoms with Gasteiger partial charge in [-0.2, -0.15) is 0 Å². The van der Waals surface area contributed by atoms with Crippen molar-refractivity contribution in [2.45, 2.75) is 19.9 Å². The van der Waals surface area contributed by atoms with Gasteiger partial charge < -0.3 is 24.8 Å². The lowest BCUT2D eigenvalue weighted by atomic mass is 10.3. The van der Waals surface area contributed by atoms with Crippen LogP contribution < -0.4 is 15.4 Å². The minimum absolute atomic E-state index is 0. The predicted octanol–water partition coefficient (Wildman–Crippen LogP) is 1.82. The molecular weight excluding hydrogens is 423 g/mol. The van der Waals surface area contributed by atoms with E-state index in [0.717, 1.165) is 31.0 Å². The second kappa shape index (κ2) is 15.4. The van der Waals surface area contributed by atoms with Crippen molar-refractivity contribution in [2.75, 3.05) is 47.1 Å². The summed E-state index contributed by atoms with van der Waals surface area (Å²) in [6, 6.07) is 3.80. The van der Waals surface area contributed by atoms with Crippen molar-refractivity contribution in [3.63, 3.8) is 0 Å². The molecule has 0 amide bonds. The van der Waals surface area contributed by atoms with Crippen molar-refractivity contribution in [2.24, 2.45) is 4.99 Å². The summed E-state index contributed by atoms with van der Waals surface area (Å²) in [5, 5.41) is 6.51. The molecule has 24 heavy (non-hydrogen) atoms. The van der Waals surface area contributed by atoms with Crippen molar-refractivity contribution in [1.29, 1.82) is 0 Å². The third kappa shape index (κ3) is 10.6. The van der Waals surface area contributed by atoms with E-state index in [4.69, 9.17) is 14.2 Å². The fourth-order valence-electron chi connectivity index (χ4n) is 1.76. The lowest BCUT2D eigenvalue weighted by Crippen LogP contribution is -2.38. The standard InChI is InChI=1S/C16H28N4O3.HI/c1-4-17-16(18-8-5-9-23-11-10-21-2)20-13-14-6-7-15(22-3)19-12-14;/h6-7,12H,4-5,8-11,13H2,1-3H3,(H2,17,18,20);1H. The lowest BCUT2D eigenvalue weighted by Gasteiger charge is -2.11. The molecule has 0 aliphatic heterocycles. The normalized spacial score (nSPS) is 10.9. The molecule has 0 fully saturated rings. The van der Waals surface area contributed by atoms with E-state index < -0.39 is 0 Å². The number of nitrogens with zero attached hydrogens (tertiary/aromatic N) is 2. The number of nitrogens with one attached hydrogen (secondary N) is 2. The molecule has 138 valence electrons. The topological polar surface area (TPSA) is 77.0 Å². The van der Waals surface area contributed by atoms with Crippen LogP contribution in [-0.4, -0.2) is 58.1 Å². The van der Waals surface area contributed by atoms with Crippen LogP contribution in [0.3, 0.4) is 0 Å². The largest absolute Gasteiger partial charge is 0.481 e. The fourth-order valence-corrected chi connectivity index (χ4v) is 1.76. The van der Waals surface area contributed by atoms with Crippen molar-refractivity contribution in [3.05, 3.63) is 23.9 Å². The number of rotatable bonds is 11. The molecule has 0 bridgehead atoms. The van der Waals surface area contributed by atoms with Gasteiger partial charge in [-0.1, -0.05) is 6.07 Å². The van der Waals surface area contributed by atoms with Crippen LogP contribution in [-0.2, 0) is 16.0 Å². The number of halogens is 1. The van der Waals surface area contributed by atoms with Gasteiger partial charge in [0.2, 0.25) is 5.88 Å². The molecule has 0 saturated carbocycles. The summed E-state index contributed by atoms with van der Waals surface area (Å²) >= 11 is 0. The number of hydrogen-bond donors (Lipinski definition) is 2. The first-order valence-electron chi connectivity index (χ1n) is 7.88. The van der Waals surface area contributed by atoms with Gasteiger partial charge in [0.05, 0.1) is 26.9 Å². The molecule has 0 radical (unpaired) electrons. The minimum Gasteiger partial charge on any atom is -0.481 e. The molecule has 7 nitrogen and oxygen atoms in total. The summed E-state index contributed by atoms with van der Waals surface area (Å²) in [6.45, 7) is 6.20. The summed E-state index contributed by atoms with van der Waals surface area (Å²) in [5.41, 5.74) is 1.03. The average Bonchev–Trinajstić information content (AvgIpc) is 2.59. The second-order valence-electron chi connectivity index (χ2n) is 4.79. The number of guanidine groups is 1. The van der Waals surface area contributed by atoms with Crippen molar-refractivity contribution in [3.8, 4) is 5.88 Å². The zero-order valence-electron chi connectivity index (χ0n) is 14.7. The zero-order chi connectivity index (χ0) is 16.8. The molecule has 8 heteroatoms. The number of methoxy groups -OCH3 is 2. The van der Waals surface area contributed by atoms with Crippen molar-refractivity contribution in [1.82, 2.24) is 15.6 Å². The first-order valence-corrected chi connectivity index (χ1v) is 7.88. The van der Waals surface area contributed by atoms with Crippen LogP contribution in [0.25, 0.3) is 0 Å². The molecule has 1 aromatic heterocycles. The maximum atomic E-state index is 5.42. The summed E-state index contributed by atoms with van der Waals surface area (Å²) in [5.74, 6) is 1.40. The maximum Gasteiger partial charge on any atom is 0.212 e. The quantitative estimate of drug-likeness (QED) is 0.231. The molecule has 0 atom stereocenters. The van der Waals surface area contributed by atoms with Crippen LogP contribution in [0.2, 0.25) is 0 Å². The van der Waals surface area contributed by atoms with Crippen LogP contribution in [0.4, 0.5) is 0 Å². The van der Waals surface area contributed by atoms with Gasteiger partial charge in [0.15, 0.2) is 5.96 Å². The van der Waals surface area contributed by atoms with Gasteiger partial charge in [0.25, 0.3) is 0 Å². The Morgan fingerprint density at radius 1 is 1.17 bits per heavy atom. The lowest BCUT2D eigenvalue weighted by molar-refractivity contribution is 0.0698. The van der Waals surface area contributed by atoms with E-state index in [1.54, 1.807) is 20.4 Å². The number of ether oxygens (including phenoxy) is 3. The summed E-state index contributed by atoms with van der Waals surface area (Å²) in [7, 11) is 3.27. The Bertz CT molecular complexity index is 443. The van der Waals surface area contributed by atoms with E-state index in [0.29, 0.717) is 32.2 Å². The highest BCUT2D eigenvalue weighted by Gasteiger charge is 1.99. The Labute approximate surface area is 161 Å². The maximum absolute atomic E-state index is 5.42. The van der Waals surface area contributed by atoms with Gasteiger partial charge >= 0.3 is 0 Å². The Morgan fingerprint density at radius 2 is 2.00 bits per heavy atom. The molecule has 0 unspecified atom stereocenters. The predicted molar refractivity (Wildman–Crippen MR) is 106 cm³/mol. The van der Waals surface area contributed by atoms with Crippen LogP contribution in [0, 0.1) is 0 Å². The average molecular weight is 452 g/mol. The Kier molecular flexibility index (Phi) is 14.7. The molecule has 0 aromatic carbocycles. The molecule has 0 aliphatic rings. The van der Waals surface area contributed by atoms with Gasteiger partial charge in [-0.25, -0.2) is 9.98 Å². The van der Waals surface area contributed by atoms with E-state index in [9.17, 15) is 0 Å². The van der Waals surface area contributed by atoms with Gasteiger partial charge in [0.1, 0.15) is 0 Å². The van der Waals surface area contributed by atoms with E-state index in [-0.39, 0.29) is 24.0 Å². The highest BCUT2D eigenvalue weighted by Crippen LogP contribution is 2.07. The van der Waals surface area contributed by atoms with Crippen molar-refractivity contribution < 1.29 is 14.2 Å². The number of hydrogen-bond acceptors (Lipinski definition) is 5. The van der Waals surface area contributed by atoms with Crippen LogP contribution >= 0.6 is 24.0 Å². The van der Waals surface area contributed by atoms with Crippen LogP contribution in [0.5, 0.6) is 5.88 Å². The van der Waals surface area contributed by atoms with E-state index in [1.165, 1.54) is 0 Å². The zero-order valence-corrected chi connectivity index (χ0v) is 17.0. The van der Waals surface area contributed by atoms with Gasteiger partial charge in [-0.05, 0) is 18.9 Å².